The maximum Gasteiger partial charge on any atom is 0.270 e. The first-order chi connectivity index (χ1) is 8.01. The van der Waals surface area contributed by atoms with E-state index in [0.29, 0.717) is 0 Å². The number of nitro groups is 1. The first kappa shape index (κ1) is 13.7. The van der Waals surface area contributed by atoms with Crippen LogP contribution in [-0.4, -0.2) is 21.7 Å². The lowest BCUT2D eigenvalue weighted by molar-refractivity contribution is -0.385. The minimum Gasteiger partial charge on any atom is -0.507 e. The number of aromatic hydroxyl groups is 1. The summed E-state index contributed by atoms with van der Waals surface area (Å²) in [6.45, 7) is -0.167. The van der Waals surface area contributed by atoms with Crippen LogP contribution in [-0.2, 0) is 5.88 Å². The molecule has 0 fully saturated rings. The normalized spacial score (nSPS) is 12.4. The van der Waals surface area contributed by atoms with Crippen LogP contribution in [0.4, 0.5) is 5.69 Å². The van der Waals surface area contributed by atoms with Gasteiger partial charge in [0, 0.05) is 35.9 Å². The van der Waals surface area contributed by atoms with Crippen LogP contribution in [0, 0.1) is 10.1 Å². The van der Waals surface area contributed by atoms with Gasteiger partial charge in [0.2, 0.25) is 0 Å². The first-order valence-electron chi connectivity index (χ1n) is 4.93. The number of halogens is 1. The monoisotopic (exact) mass is 260 g/mol. The third-order valence-corrected chi connectivity index (χ3v) is 2.69. The number of hydrogen-bond donors (Lipinski definition) is 3. The molecule has 0 saturated heterocycles. The summed E-state index contributed by atoms with van der Waals surface area (Å²) in [6.07, 6.45) is 0.205. The van der Waals surface area contributed by atoms with Crippen molar-refractivity contribution in [1.82, 2.24) is 0 Å². The van der Waals surface area contributed by atoms with Gasteiger partial charge >= 0.3 is 0 Å². The zero-order valence-corrected chi connectivity index (χ0v) is 9.72. The lowest BCUT2D eigenvalue weighted by Crippen LogP contribution is -2.13. The van der Waals surface area contributed by atoms with E-state index in [0.717, 1.165) is 0 Å². The molecule has 1 aromatic carbocycles. The van der Waals surface area contributed by atoms with Crippen LogP contribution in [0.5, 0.6) is 5.75 Å². The largest absolute Gasteiger partial charge is 0.507 e. The summed E-state index contributed by atoms with van der Waals surface area (Å²) < 4.78 is 0. The van der Waals surface area contributed by atoms with Crippen LogP contribution in [0.1, 0.15) is 23.6 Å². The number of nitrogens with two attached hydrogens (primary N) is 1. The zero-order valence-electron chi connectivity index (χ0n) is 8.97. The number of phenolic OH excluding ortho intramolecular Hbond substituents is 1. The Morgan fingerprint density at radius 2 is 2.18 bits per heavy atom. The number of aliphatic hydroxyl groups excluding tert-OH is 1. The fourth-order valence-electron chi connectivity index (χ4n) is 1.49. The molecule has 0 aromatic heterocycles. The molecule has 1 unspecified atom stereocenters. The Hall–Kier alpha value is -1.37. The van der Waals surface area contributed by atoms with E-state index in [9.17, 15) is 15.2 Å². The third-order valence-electron chi connectivity index (χ3n) is 2.40. The molecule has 4 N–H and O–H groups in total. The van der Waals surface area contributed by atoms with Crippen LogP contribution in [0.15, 0.2) is 12.1 Å². The molecule has 1 rings (SSSR count). The molecule has 0 amide bonds. The number of aliphatic hydroxyl groups is 1. The fraction of sp³-hybridized carbons (Fsp3) is 0.400. The van der Waals surface area contributed by atoms with Crippen LogP contribution in [0.3, 0.4) is 0 Å². The number of nitrogens with zero attached hydrogens (tertiary/aromatic N) is 1. The maximum absolute atomic E-state index is 10.7. The second kappa shape index (κ2) is 5.81. The van der Waals surface area contributed by atoms with Crippen molar-refractivity contribution < 1.29 is 15.1 Å². The van der Waals surface area contributed by atoms with E-state index in [4.69, 9.17) is 22.4 Å². The van der Waals surface area contributed by atoms with Crippen molar-refractivity contribution in [2.75, 3.05) is 6.61 Å². The van der Waals surface area contributed by atoms with E-state index in [-0.39, 0.29) is 41.5 Å². The Morgan fingerprint density at radius 1 is 1.53 bits per heavy atom. The Balaban J connectivity index is 3.27. The highest BCUT2D eigenvalue weighted by Gasteiger charge is 2.19. The highest BCUT2D eigenvalue weighted by molar-refractivity contribution is 6.17. The molecule has 1 atom stereocenters. The van der Waals surface area contributed by atoms with Gasteiger partial charge in [0.25, 0.3) is 5.69 Å². The standard InChI is InChI=1S/C10H13ClN2O4/c11-5-6-3-7(13(16)17)4-8(10(6)15)9(12)1-2-14/h3-4,9,14-15H,1-2,5,12H2. The van der Waals surface area contributed by atoms with Gasteiger partial charge in [-0.3, -0.25) is 10.1 Å². The van der Waals surface area contributed by atoms with E-state index >= 15 is 0 Å². The zero-order chi connectivity index (χ0) is 13.0. The summed E-state index contributed by atoms with van der Waals surface area (Å²) >= 11 is 5.59. The average Bonchev–Trinajstić information content (AvgIpc) is 2.29. The van der Waals surface area contributed by atoms with Gasteiger partial charge < -0.3 is 15.9 Å². The average molecular weight is 261 g/mol. The number of non-ortho nitro benzene ring substituents is 1. The molecule has 0 spiro atoms. The maximum atomic E-state index is 10.7. The summed E-state index contributed by atoms with van der Waals surface area (Å²) in [7, 11) is 0. The number of hydrogen-bond acceptors (Lipinski definition) is 5. The highest BCUT2D eigenvalue weighted by Crippen LogP contribution is 2.33. The minimum absolute atomic E-state index is 0.0492. The van der Waals surface area contributed by atoms with Crippen molar-refractivity contribution >= 4 is 17.3 Å². The molecular weight excluding hydrogens is 248 g/mol. The summed E-state index contributed by atoms with van der Waals surface area (Å²) in [5.41, 5.74) is 6.01. The molecule has 0 radical (unpaired) electrons. The van der Waals surface area contributed by atoms with Gasteiger partial charge in [-0.1, -0.05) is 0 Å². The molecular formula is C10H13ClN2O4. The summed E-state index contributed by atoms with van der Waals surface area (Å²) in [5, 5.41) is 29.3. The van der Waals surface area contributed by atoms with Crippen LogP contribution in [0.25, 0.3) is 0 Å². The molecule has 0 heterocycles. The Kier molecular flexibility index (Phi) is 4.68. The topological polar surface area (TPSA) is 110 Å². The second-order valence-corrected chi connectivity index (χ2v) is 3.82. The lowest BCUT2D eigenvalue weighted by atomic mass is 10.00. The lowest BCUT2D eigenvalue weighted by Gasteiger charge is -2.14. The highest BCUT2D eigenvalue weighted by atomic mass is 35.5. The smallest absolute Gasteiger partial charge is 0.270 e. The number of benzene rings is 1. The van der Waals surface area contributed by atoms with Crippen molar-refractivity contribution in [2.45, 2.75) is 18.3 Å². The van der Waals surface area contributed by atoms with Gasteiger partial charge in [0.05, 0.1) is 10.8 Å². The van der Waals surface area contributed by atoms with Crippen molar-refractivity contribution in [2.24, 2.45) is 5.73 Å². The van der Waals surface area contributed by atoms with E-state index < -0.39 is 11.0 Å². The van der Waals surface area contributed by atoms with Crippen molar-refractivity contribution in [3.63, 3.8) is 0 Å². The Morgan fingerprint density at radius 3 is 2.65 bits per heavy atom. The van der Waals surface area contributed by atoms with Gasteiger partial charge in [0.15, 0.2) is 0 Å². The van der Waals surface area contributed by atoms with Crippen molar-refractivity contribution in [1.29, 1.82) is 0 Å². The van der Waals surface area contributed by atoms with Gasteiger partial charge in [-0.2, -0.15) is 0 Å². The quantitative estimate of drug-likeness (QED) is 0.421. The number of nitro benzene ring substituents is 1. The molecule has 0 aliphatic heterocycles. The third kappa shape index (κ3) is 3.06. The van der Waals surface area contributed by atoms with Gasteiger partial charge in [-0.15, -0.1) is 11.6 Å². The van der Waals surface area contributed by atoms with E-state index in [2.05, 4.69) is 0 Å². The first-order valence-corrected chi connectivity index (χ1v) is 5.47. The number of rotatable bonds is 5. The molecule has 0 aliphatic carbocycles. The predicted octanol–water partition coefficient (Wildman–Crippen LogP) is 1.42. The SMILES string of the molecule is NC(CCO)c1cc([N+](=O)[O-])cc(CCl)c1O. The molecule has 0 saturated carbocycles. The van der Waals surface area contributed by atoms with Crippen molar-refractivity contribution in [3.8, 4) is 5.75 Å². The van der Waals surface area contributed by atoms with E-state index in [1.807, 2.05) is 0 Å². The van der Waals surface area contributed by atoms with Gasteiger partial charge in [0.1, 0.15) is 5.75 Å². The summed E-state index contributed by atoms with van der Waals surface area (Å²) in [5.74, 6) is -0.196. The van der Waals surface area contributed by atoms with Crippen LogP contribution < -0.4 is 5.73 Å². The second-order valence-electron chi connectivity index (χ2n) is 3.55. The van der Waals surface area contributed by atoms with Gasteiger partial charge in [-0.05, 0) is 6.42 Å². The molecule has 1 aromatic rings. The predicted molar refractivity (Wildman–Crippen MR) is 62.9 cm³/mol. The molecule has 0 bridgehead atoms. The number of phenols is 1. The molecule has 94 valence electrons. The fourth-order valence-corrected chi connectivity index (χ4v) is 1.69. The van der Waals surface area contributed by atoms with Crippen LogP contribution in [0.2, 0.25) is 0 Å². The minimum atomic E-state index is -0.665. The molecule has 6 nitrogen and oxygen atoms in total. The molecule has 0 aliphatic rings. The Labute approximate surface area is 103 Å². The van der Waals surface area contributed by atoms with Crippen molar-refractivity contribution in [3.05, 3.63) is 33.4 Å². The number of alkyl halides is 1. The summed E-state index contributed by atoms with van der Waals surface area (Å²) in [6, 6.07) is 1.74. The van der Waals surface area contributed by atoms with Crippen LogP contribution >= 0.6 is 11.6 Å². The molecule has 7 heteroatoms. The van der Waals surface area contributed by atoms with Gasteiger partial charge in [-0.25, -0.2) is 0 Å². The molecule has 17 heavy (non-hydrogen) atoms. The Bertz CT molecular complexity index is 425. The van der Waals surface area contributed by atoms with E-state index in [1.54, 1.807) is 0 Å². The van der Waals surface area contributed by atoms with E-state index in [1.165, 1.54) is 12.1 Å². The summed E-state index contributed by atoms with van der Waals surface area (Å²) in [4.78, 5) is 10.1.